The number of hydrogen-bond acceptors (Lipinski definition) is 4. The van der Waals surface area contributed by atoms with Crippen molar-refractivity contribution in [3.8, 4) is 5.75 Å². The van der Waals surface area contributed by atoms with Crippen molar-refractivity contribution in [3.05, 3.63) is 24.3 Å². The van der Waals surface area contributed by atoms with Crippen molar-refractivity contribution in [1.82, 2.24) is 5.32 Å². The third-order valence-electron chi connectivity index (χ3n) is 4.69. The molecule has 1 aromatic rings. The standard InChI is InChI=1S/C18H25F2N3O3/c1-3-11(2)15(21)16(24)22-14-5-4-10-23(17(14)25)12-6-8-13(9-7-12)26-18(19)20/h6-9,11,14-15,18H,3-5,10,21H2,1-2H3,(H,22,24). The predicted molar refractivity (Wildman–Crippen MR) is 94.0 cm³/mol. The Morgan fingerprint density at radius 1 is 1.38 bits per heavy atom. The van der Waals surface area contributed by atoms with Crippen LogP contribution in [-0.2, 0) is 9.59 Å². The summed E-state index contributed by atoms with van der Waals surface area (Å²) in [7, 11) is 0. The van der Waals surface area contributed by atoms with Gasteiger partial charge in [0.05, 0.1) is 6.04 Å². The molecule has 0 bridgehead atoms. The molecule has 1 fully saturated rings. The molecule has 8 heteroatoms. The molecule has 1 heterocycles. The summed E-state index contributed by atoms with van der Waals surface area (Å²) in [6.07, 6.45) is 2.03. The fourth-order valence-corrected chi connectivity index (χ4v) is 2.85. The number of piperidine rings is 1. The Hall–Kier alpha value is -2.22. The van der Waals surface area contributed by atoms with Crippen molar-refractivity contribution in [3.63, 3.8) is 0 Å². The molecule has 0 saturated carbocycles. The summed E-state index contributed by atoms with van der Waals surface area (Å²) in [6.45, 7) is 1.44. The minimum absolute atomic E-state index is 0.0205. The Kier molecular flexibility index (Phi) is 6.90. The van der Waals surface area contributed by atoms with Gasteiger partial charge in [0, 0.05) is 12.2 Å². The SMILES string of the molecule is CCC(C)C(N)C(=O)NC1CCCN(c2ccc(OC(F)F)cc2)C1=O. The van der Waals surface area contributed by atoms with Gasteiger partial charge in [-0.25, -0.2) is 0 Å². The minimum atomic E-state index is -2.90. The van der Waals surface area contributed by atoms with E-state index in [-0.39, 0.29) is 23.5 Å². The van der Waals surface area contributed by atoms with E-state index in [1.54, 1.807) is 12.1 Å². The van der Waals surface area contributed by atoms with E-state index in [1.165, 1.54) is 17.0 Å². The lowest BCUT2D eigenvalue weighted by atomic mass is 9.98. The maximum Gasteiger partial charge on any atom is 0.387 e. The number of nitrogens with one attached hydrogen (secondary N) is 1. The molecule has 144 valence electrons. The maximum absolute atomic E-state index is 12.7. The molecule has 0 aromatic heterocycles. The highest BCUT2D eigenvalue weighted by molar-refractivity contribution is 6.00. The third kappa shape index (κ3) is 4.91. The zero-order chi connectivity index (χ0) is 19.3. The summed E-state index contributed by atoms with van der Waals surface area (Å²) < 4.78 is 28.8. The Morgan fingerprint density at radius 2 is 2.04 bits per heavy atom. The second kappa shape index (κ2) is 8.93. The largest absolute Gasteiger partial charge is 0.435 e. The number of amides is 2. The average molecular weight is 369 g/mol. The number of ether oxygens (including phenoxy) is 1. The molecule has 3 atom stereocenters. The van der Waals surface area contributed by atoms with Gasteiger partial charge in [0.2, 0.25) is 11.8 Å². The van der Waals surface area contributed by atoms with Crippen LogP contribution in [0.1, 0.15) is 33.1 Å². The third-order valence-corrected chi connectivity index (χ3v) is 4.69. The number of nitrogens with two attached hydrogens (primary N) is 1. The smallest absolute Gasteiger partial charge is 0.387 e. The molecule has 1 aliphatic heterocycles. The number of nitrogens with zero attached hydrogens (tertiary/aromatic N) is 1. The molecule has 0 aliphatic carbocycles. The number of hydrogen-bond donors (Lipinski definition) is 2. The zero-order valence-corrected chi connectivity index (χ0v) is 15.0. The quantitative estimate of drug-likeness (QED) is 0.772. The van der Waals surface area contributed by atoms with Crippen LogP contribution in [0.25, 0.3) is 0 Å². The van der Waals surface area contributed by atoms with E-state index in [0.29, 0.717) is 25.1 Å². The minimum Gasteiger partial charge on any atom is -0.435 e. The first-order valence-corrected chi connectivity index (χ1v) is 8.75. The second-order valence-corrected chi connectivity index (χ2v) is 6.48. The first-order chi connectivity index (χ1) is 12.3. The van der Waals surface area contributed by atoms with Gasteiger partial charge in [-0.05, 0) is 43.0 Å². The Bertz CT molecular complexity index is 625. The summed E-state index contributed by atoms with van der Waals surface area (Å²) in [4.78, 5) is 26.5. The maximum atomic E-state index is 12.7. The molecular formula is C18H25F2N3O3. The van der Waals surface area contributed by atoms with Crippen molar-refractivity contribution in [2.24, 2.45) is 11.7 Å². The highest BCUT2D eigenvalue weighted by Crippen LogP contribution is 2.24. The van der Waals surface area contributed by atoms with Gasteiger partial charge in [-0.2, -0.15) is 8.78 Å². The second-order valence-electron chi connectivity index (χ2n) is 6.48. The lowest BCUT2D eigenvalue weighted by molar-refractivity contribution is -0.129. The van der Waals surface area contributed by atoms with Gasteiger partial charge < -0.3 is 20.7 Å². The summed E-state index contributed by atoms with van der Waals surface area (Å²) >= 11 is 0. The molecule has 1 aromatic carbocycles. The summed E-state index contributed by atoms with van der Waals surface area (Å²) in [5.41, 5.74) is 6.49. The lowest BCUT2D eigenvalue weighted by Gasteiger charge is -2.33. The van der Waals surface area contributed by atoms with Crippen molar-refractivity contribution in [2.45, 2.75) is 51.8 Å². The number of carbonyl (C=O) groups is 2. The van der Waals surface area contributed by atoms with Crippen LogP contribution in [-0.4, -0.2) is 37.1 Å². The monoisotopic (exact) mass is 369 g/mol. The van der Waals surface area contributed by atoms with Gasteiger partial charge in [0.15, 0.2) is 0 Å². The molecular weight excluding hydrogens is 344 g/mol. The first-order valence-electron chi connectivity index (χ1n) is 8.75. The predicted octanol–water partition coefficient (Wildman–Crippen LogP) is 2.27. The van der Waals surface area contributed by atoms with Crippen LogP contribution in [0, 0.1) is 5.92 Å². The van der Waals surface area contributed by atoms with Gasteiger partial charge in [-0.1, -0.05) is 20.3 Å². The zero-order valence-electron chi connectivity index (χ0n) is 15.0. The fourth-order valence-electron chi connectivity index (χ4n) is 2.85. The number of carbonyl (C=O) groups excluding carboxylic acids is 2. The van der Waals surface area contributed by atoms with Gasteiger partial charge in [-0.3, -0.25) is 9.59 Å². The van der Waals surface area contributed by atoms with Crippen molar-refractivity contribution in [2.75, 3.05) is 11.4 Å². The van der Waals surface area contributed by atoms with Crippen LogP contribution < -0.4 is 20.7 Å². The molecule has 6 nitrogen and oxygen atoms in total. The lowest BCUT2D eigenvalue weighted by Crippen LogP contribution is -2.56. The van der Waals surface area contributed by atoms with Crippen molar-refractivity contribution >= 4 is 17.5 Å². The number of halogens is 2. The number of anilines is 1. The van der Waals surface area contributed by atoms with Gasteiger partial charge >= 0.3 is 6.61 Å². The molecule has 2 rings (SSSR count). The van der Waals surface area contributed by atoms with Crippen LogP contribution >= 0.6 is 0 Å². The van der Waals surface area contributed by atoms with Gasteiger partial charge in [0.1, 0.15) is 11.8 Å². The molecule has 26 heavy (non-hydrogen) atoms. The summed E-state index contributed by atoms with van der Waals surface area (Å²) in [5, 5.41) is 2.74. The molecule has 2 amide bonds. The normalized spacial score (nSPS) is 20.0. The van der Waals surface area contributed by atoms with Gasteiger partial charge in [0.25, 0.3) is 0 Å². The van der Waals surface area contributed by atoms with E-state index in [2.05, 4.69) is 10.1 Å². The Balaban J connectivity index is 2.03. The van der Waals surface area contributed by atoms with Gasteiger partial charge in [-0.15, -0.1) is 0 Å². The average Bonchev–Trinajstić information content (AvgIpc) is 2.62. The highest BCUT2D eigenvalue weighted by Gasteiger charge is 2.32. The molecule has 3 unspecified atom stereocenters. The highest BCUT2D eigenvalue weighted by atomic mass is 19.3. The van der Waals surface area contributed by atoms with Crippen LogP contribution in [0.5, 0.6) is 5.75 Å². The van der Waals surface area contributed by atoms with E-state index in [1.807, 2.05) is 13.8 Å². The Labute approximate surface area is 151 Å². The van der Waals surface area contributed by atoms with E-state index in [9.17, 15) is 18.4 Å². The molecule has 1 aliphatic rings. The van der Waals surface area contributed by atoms with Crippen LogP contribution in [0.4, 0.5) is 14.5 Å². The van der Waals surface area contributed by atoms with E-state index < -0.39 is 18.7 Å². The molecule has 3 N–H and O–H groups in total. The summed E-state index contributed by atoms with van der Waals surface area (Å²) in [5.74, 6) is -0.520. The van der Waals surface area contributed by atoms with Crippen LogP contribution in [0.15, 0.2) is 24.3 Å². The molecule has 0 spiro atoms. The topological polar surface area (TPSA) is 84.7 Å². The van der Waals surface area contributed by atoms with E-state index in [4.69, 9.17) is 5.73 Å². The first kappa shape index (κ1) is 20.1. The fraction of sp³-hybridized carbons (Fsp3) is 0.556. The number of alkyl halides is 2. The Morgan fingerprint density at radius 3 is 2.62 bits per heavy atom. The molecule has 0 radical (unpaired) electrons. The van der Waals surface area contributed by atoms with Crippen molar-refractivity contribution < 1.29 is 23.1 Å². The van der Waals surface area contributed by atoms with E-state index >= 15 is 0 Å². The van der Waals surface area contributed by atoms with E-state index in [0.717, 1.165) is 6.42 Å². The number of rotatable bonds is 7. The van der Waals surface area contributed by atoms with Crippen LogP contribution in [0.3, 0.4) is 0 Å². The summed E-state index contributed by atoms with van der Waals surface area (Å²) in [6, 6.07) is 4.57. The van der Waals surface area contributed by atoms with Crippen LogP contribution in [0.2, 0.25) is 0 Å². The number of benzene rings is 1. The van der Waals surface area contributed by atoms with Crippen molar-refractivity contribution in [1.29, 1.82) is 0 Å². The molecule has 1 saturated heterocycles.